The predicted molar refractivity (Wildman–Crippen MR) is 69.0 cm³/mol. The average Bonchev–Trinajstić information content (AvgIpc) is 2.31. The summed E-state index contributed by atoms with van der Waals surface area (Å²) >= 11 is 11.8. The summed E-state index contributed by atoms with van der Waals surface area (Å²) in [5, 5.41) is 14.5. The Labute approximate surface area is 111 Å². The quantitative estimate of drug-likeness (QED) is 0.891. The summed E-state index contributed by atoms with van der Waals surface area (Å²) in [7, 11) is 0. The lowest BCUT2D eigenvalue weighted by Crippen LogP contribution is -2.46. The van der Waals surface area contributed by atoms with Crippen molar-refractivity contribution in [2.45, 2.75) is 18.4 Å². The number of hydrogen-bond acceptors (Lipinski definition) is 3. The van der Waals surface area contributed by atoms with Gasteiger partial charge in [-0.1, -0.05) is 23.2 Å². The first kappa shape index (κ1) is 13.0. The molecule has 94 valence electrons. The van der Waals surface area contributed by atoms with Gasteiger partial charge in [-0.2, -0.15) is 0 Å². The molecule has 0 spiro atoms. The van der Waals surface area contributed by atoms with E-state index in [-0.39, 0.29) is 6.61 Å². The Hall–Kier alpha value is -0.480. The van der Waals surface area contributed by atoms with Gasteiger partial charge in [0.25, 0.3) is 0 Å². The van der Waals surface area contributed by atoms with E-state index in [2.05, 4.69) is 5.32 Å². The molecule has 0 radical (unpaired) electrons. The largest absolute Gasteiger partial charge is 0.489 e. The summed E-state index contributed by atoms with van der Waals surface area (Å²) in [4.78, 5) is 0. The standard InChI is InChI=1S/C12H15Cl2NO2/c13-9-1-2-10(14)11(7-9)17-8-12(16)3-5-15-6-4-12/h1-2,7,15-16H,3-6,8H2. The summed E-state index contributed by atoms with van der Waals surface area (Å²) in [5.41, 5.74) is -0.767. The van der Waals surface area contributed by atoms with Crippen LogP contribution in [-0.4, -0.2) is 30.4 Å². The van der Waals surface area contributed by atoms with Gasteiger partial charge in [-0.3, -0.25) is 0 Å². The average molecular weight is 276 g/mol. The second-order valence-corrected chi connectivity index (χ2v) is 5.18. The van der Waals surface area contributed by atoms with Gasteiger partial charge in [-0.05, 0) is 38.1 Å². The van der Waals surface area contributed by atoms with Crippen LogP contribution in [0.2, 0.25) is 10.0 Å². The van der Waals surface area contributed by atoms with Crippen molar-refractivity contribution in [3.8, 4) is 5.75 Å². The molecule has 0 bridgehead atoms. The van der Waals surface area contributed by atoms with Crippen LogP contribution >= 0.6 is 23.2 Å². The molecule has 17 heavy (non-hydrogen) atoms. The monoisotopic (exact) mass is 275 g/mol. The molecule has 0 unspecified atom stereocenters. The van der Waals surface area contributed by atoms with E-state index in [0.29, 0.717) is 28.6 Å². The van der Waals surface area contributed by atoms with Crippen molar-refractivity contribution < 1.29 is 9.84 Å². The number of benzene rings is 1. The molecule has 1 saturated heterocycles. The second kappa shape index (κ2) is 5.44. The van der Waals surface area contributed by atoms with E-state index in [1.807, 2.05) is 0 Å². The summed E-state index contributed by atoms with van der Waals surface area (Å²) in [6.07, 6.45) is 1.37. The molecule has 1 aliphatic rings. The van der Waals surface area contributed by atoms with Crippen molar-refractivity contribution >= 4 is 23.2 Å². The molecule has 0 aliphatic carbocycles. The minimum absolute atomic E-state index is 0.245. The number of piperidine rings is 1. The van der Waals surface area contributed by atoms with Gasteiger partial charge in [-0.25, -0.2) is 0 Å². The molecule has 1 heterocycles. The first-order valence-electron chi connectivity index (χ1n) is 5.60. The lowest BCUT2D eigenvalue weighted by atomic mass is 9.94. The van der Waals surface area contributed by atoms with Gasteiger partial charge >= 0.3 is 0 Å². The molecule has 0 aromatic heterocycles. The van der Waals surface area contributed by atoms with Crippen LogP contribution in [-0.2, 0) is 0 Å². The Balaban J connectivity index is 1.99. The van der Waals surface area contributed by atoms with Crippen LogP contribution in [0.3, 0.4) is 0 Å². The first-order chi connectivity index (χ1) is 8.09. The first-order valence-corrected chi connectivity index (χ1v) is 6.36. The Bertz CT molecular complexity index is 392. The van der Waals surface area contributed by atoms with Crippen molar-refractivity contribution in [2.75, 3.05) is 19.7 Å². The van der Waals surface area contributed by atoms with Gasteiger partial charge in [0.15, 0.2) is 0 Å². The molecule has 1 fully saturated rings. The van der Waals surface area contributed by atoms with Gasteiger partial charge < -0.3 is 15.2 Å². The fourth-order valence-corrected chi connectivity index (χ4v) is 2.17. The van der Waals surface area contributed by atoms with Crippen molar-refractivity contribution in [2.24, 2.45) is 0 Å². The lowest BCUT2D eigenvalue weighted by molar-refractivity contribution is -0.0285. The maximum absolute atomic E-state index is 10.3. The molecule has 1 aliphatic heterocycles. The zero-order chi connectivity index (χ0) is 12.3. The summed E-state index contributed by atoms with van der Waals surface area (Å²) in [5.74, 6) is 0.520. The number of ether oxygens (including phenoxy) is 1. The SMILES string of the molecule is OC1(COc2cc(Cl)ccc2Cl)CCNCC1. The van der Waals surface area contributed by atoms with E-state index in [1.165, 1.54) is 0 Å². The van der Waals surface area contributed by atoms with Crippen LogP contribution in [0.5, 0.6) is 5.75 Å². The Kier molecular flexibility index (Phi) is 4.15. The van der Waals surface area contributed by atoms with Gasteiger partial charge in [0, 0.05) is 11.1 Å². The van der Waals surface area contributed by atoms with E-state index in [9.17, 15) is 5.11 Å². The zero-order valence-electron chi connectivity index (χ0n) is 9.38. The van der Waals surface area contributed by atoms with Gasteiger partial charge in [0.2, 0.25) is 0 Å². The highest BCUT2D eigenvalue weighted by molar-refractivity contribution is 6.34. The van der Waals surface area contributed by atoms with Crippen LogP contribution in [0.15, 0.2) is 18.2 Å². The summed E-state index contributed by atoms with van der Waals surface area (Å²) in [6.45, 7) is 1.86. The summed E-state index contributed by atoms with van der Waals surface area (Å²) < 4.78 is 5.57. The minimum Gasteiger partial charge on any atom is -0.489 e. The maximum Gasteiger partial charge on any atom is 0.139 e. The third-order valence-corrected chi connectivity index (χ3v) is 3.47. The van der Waals surface area contributed by atoms with E-state index in [1.54, 1.807) is 18.2 Å². The van der Waals surface area contributed by atoms with Crippen molar-refractivity contribution in [3.63, 3.8) is 0 Å². The van der Waals surface area contributed by atoms with E-state index < -0.39 is 5.60 Å². The van der Waals surface area contributed by atoms with E-state index >= 15 is 0 Å². The molecule has 0 atom stereocenters. The zero-order valence-corrected chi connectivity index (χ0v) is 10.9. The van der Waals surface area contributed by atoms with Crippen LogP contribution < -0.4 is 10.1 Å². The maximum atomic E-state index is 10.3. The highest BCUT2D eigenvalue weighted by atomic mass is 35.5. The third-order valence-electron chi connectivity index (χ3n) is 2.92. The van der Waals surface area contributed by atoms with Crippen molar-refractivity contribution in [1.29, 1.82) is 0 Å². The van der Waals surface area contributed by atoms with Gasteiger partial charge in [-0.15, -0.1) is 0 Å². The molecule has 1 aromatic rings. The van der Waals surface area contributed by atoms with E-state index in [4.69, 9.17) is 27.9 Å². The van der Waals surface area contributed by atoms with Crippen LogP contribution in [0, 0.1) is 0 Å². The summed E-state index contributed by atoms with van der Waals surface area (Å²) in [6, 6.07) is 5.05. The molecule has 0 saturated carbocycles. The molecule has 2 rings (SSSR count). The molecule has 5 heteroatoms. The fourth-order valence-electron chi connectivity index (χ4n) is 1.84. The predicted octanol–water partition coefficient (Wildman–Crippen LogP) is 2.49. The molecule has 2 N–H and O–H groups in total. The Morgan fingerprint density at radius 1 is 1.29 bits per heavy atom. The molecular formula is C12H15Cl2NO2. The van der Waals surface area contributed by atoms with Gasteiger partial charge in [0.1, 0.15) is 18.0 Å². The van der Waals surface area contributed by atoms with Crippen molar-refractivity contribution in [1.82, 2.24) is 5.32 Å². The highest BCUT2D eigenvalue weighted by Crippen LogP contribution is 2.29. The number of aliphatic hydroxyl groups is 1. The van der Waals surface area contributed by atoms with Crippen molar-refractivity contribution in [3.05, 3.63) is 28.2 Å². The molecule has 3 nitrogen and oxygen atoms in total. The molecule has 1 aromatic carbocycles. The van der Waals surface area contributed by atoms with E-state index in [0.717, 1.165) is 13.1 Å². The molecule has 0 amide bonds. The van der Waals surface area contributed by atoms with Crippen LogP contribution in [0.25, 0.3) is 0 Å². The smallest absolute Gasteiger partial charge is 0.139 e. The number of rotatable bonds is 3. The Morgan fingerprint density at radius 3 is 2.71 bits per heavy atom. The fraction of sp³-hybridized carbons (Fsp3) is 0.500. The number of halogens is 2. The van der Waals surface area contributed by atoms with Gasteiger partial charge in [0.05, 0.1) is 5.02 Å². The highest BCUT2D eigenvalue weighted by Gasteiger charge is 2.30. The Morgan fingerprint density at radius 2 is 2.00 bits per heavy atom. The molecular weight excluding hydrogens is 261 g/mol. The van der Waals surface area contributed by atoms with Crippen LogP contribution in [0.1, 0.15) is 12.8 Å². The number of nitrogens with one attached hydrogen (secondary N) is 1. The minimum atomic E-state index is -0.767. The second-order valence-electron chi connectivity index (χ2n) is 4.34. The normalized spacial score (nSPS) is 19.0. The topological polar surface area (TPSA) is 41.5 Å². The lowest BCUT2D eigenvalue weighted by Gasteiger charge is -2.32. The van der Waals surface area contributed by atoms with Crippen LogP contribution in [0.4, 0.5) is 0 Å². The third kappa shape index (κ3) is 3.49. The number of hydrogen-bond donors (Lipinski definition) is 2.